The second-order valence-electron chi connectivity index (χ2n) is 4.38. The number of rotatable bonds is 6. The topological polar surface area (TPSA) is 101 Å². The van der Waals surface area contributed by atoms with Crippen LogP contribution in [0.3, 0.4) is 0 Å². The van der Waals surface area contributed by atoms with Crippen molar-refractivity contribution < 1.29 is 9.66 Å². The highest BCUT2D eigenvalue weighted by Gasteiger charge is 2.18. The van der Waals surface area contributed by atoms with E-state index in [1.807, 2.05) is 13.8 Å². The van der Waals surface area contributed by atoms with E-state index in [-0.39, 0.29) is 17.4 Å². The molecule has 102 valence electrons. The summed E-state index contributed by atoms with van der Waals surface area (Å²) in [6.07, 6.45) is 0. The summed E-state index contributed by atoms with van der Waals surface area (Å²) >= 11 is 0. The Morgan fingerprint density at radius 1 is 1.58 bits per heavy atom. The molecule has 0 radical (unpaired) electrons. The molecule has 0 aromatic carbocycles. The van der Waals surface area contributed by atoms with Gasteiger partial charge in [-0.1, -0.05) is 13.8 Å². The molecular formula is C12H16N4O3. The number of nitro groups is 1. The first-order valence-electron chi connectivity index (χ1n) is 5.80. The van der Waals surface area contributed by atoms with Gasteiger partial charge in [-0.3, -0.25) is 10.1 Å². The quantitative estimate of drug-likeness (QED) is 0.622. The SMILES string of the molecule is COCC(Nc1ccc([N+](=O)[O-])c(C#N)n1)C(C)C. The zero-order valence-electron chi connectivity index (χ0n) is 11.1. The zero-order chi connectivity index (χ0) is 14.4. The molecular weight excluding hydrogens is 248 g/mol. The summed E-state index contributed by atoms with van der Waals surface area (Å²) in [4.78, 5) is 14.0. The molecule has 1 aromatic rings. The van der Waals surface area contributed by atoms with Crippen molar-refractivity contribution in [2.24, 2.45) is 5.92 Å². The third-order valence-electron chi connectivity index (χ3n) is 2.66. The molecule has 7 heteroatoms. The van der Waals surface area contributed by atoms with Gasteiger partial charge in [0.15, 0.2) is 0 Å². The van der Waals surface area contributed by atoms with Crippen LogP contribution in [0.15, 0.2) is 12.1 Å². The maximum atomic E-state index is 10.7. The van der Waals surface area contributed by atoms with Crippen LogP contribution in [0.1, 0.15) is 19.5 Å². The van der Waals surface area contributed by atoms with Gasteiger partial charge in [-0.05, 0) is 12.0 Å². The van der Waals surface area contributed by atoms with Crippen LogP contribution in [-0.2, 0) is 4.74 Å². The fraction of sp³-hybridized carbons (Fsp3) is 0.500. The van der Waals surface area contributed by atoms with E-state index in [4.69, 9.17) is 10.00 Å². The Morgan fingerprint density at radius 3 is 2.74 bits per heavy atom. The fourth-order valence-electron chi connectivity index (χ4n) is 1.53. The van der Waals surface area contributed by atoms with Gasteiger partial charge in [0.1, 0.15) is 11.9 Å². The van der Waals surface area contributed by atoms with Crippen LogP contribution in [-0.4, -0.2) is 29.7 Å². The smallest absolute Gasteiger partial charge is 0.305 e. The van der Waals surface area contributed by atoms with Gasteiger partial charge in [0.05, 0.1) is 17.6 Å². The molecule has 0 saturated heterocycles. The number of hydrogen-bond donors (Lipinski definition) is 1. The second-order valence-corrected chi connectivity index (χ2v) is 4.38. The van der Waals surface area contributed by atoms with Crippen molar-refractivity contribution in [2.75, 3.05) is 19.0 Å². The van der Waals surface area contributed by atoms with Crippen molar-refractivity contribution in [3.63, 3.8) is 0 Å². The molecule has 1 atom stereocenters. The van der Waals surface area contributed by atoms with Gasteiger partial charge in [0.2, 0.25) is 5.69 Å². The molecule has 1 heterocycles. The summed E-state index contributed by atoms with van der Waals surface area (Å²) in [5.74, 6) is 0.723. The molecule has 1 N–H and O–H groups in total. The Morgan fingerprint density at radius 2 is 2.26 bits per heavy atom. The van der Waals surface area contributed by atoms with Gasteiger partial charge >= 0.3 is 5.69 Å². The highest BCUT2D eigenvalue weighted by molar-refractivity contribution is 5.50. The average Bonchev–Trinajstić information content (AvgIpc) is 2.37. The van der Waals surface area contributed by atoms with Crippen LogP contribution < -0.4 is 5.32 Å². The summed E-state index contributed by atoms with van der Waals surface area (Å²) in [5.41, 5.74) is -0.490. The fourth-order valence-corrected chi connectivity index (χ4v) is 1.53. The second kappa shape index (κ2) is 6.66. The van der Waals surface area contributed by atoms with Crippen molar-refractivity contribution in [1.82, 2.24) is 4.98 Å². The van der Waals surface area contributed by atoms with E-state index in [9.17, 15) is 10.1 Å². The third kappa shape index (κ3) is 3.89. The molecule has 0 saturated carbocycles. The number of hydrogen-bond acceptors (Lipinski definition) is 6. The molecule has 7 nitrogen and oxygen atoms in total. The maximum Gasteiger partial charge on any atom is 0.305 e. The molecule has 1 unspecified atom stereocenters. The van der Waals surface area contributed by atoms with E-state index in [1.54, 1.807) is 13.2 Å². The van der Waals surface area contributed by atoms with Crippen molar-refractivity contribution in [1.29, 1.82) is 5.26 Å². The Kier molecular flexibility index (Phi) is 5.21. The number of anilines is 1. The van der Waals surface area contributed by atoms with Crippen molar-refractivity contribution in [3.05, 3.63) is 27.9 Å². The number of methoxy groups -OCH3 is 1. The average molecular weight is 264 g/mol. The summed E-state index contributed by atoms with van der Waals surface area (Å²) < 4.78 is 5.09. The Bertz CT molecular complexity index is 496. The lowest BCUT2D eigenvalue weighted by molar-refractivity contribution is -0.385. The highest BCUT2D eigenvalue weighted by Crippen LogP contribution is 2.19. The van der Waals surface area contributed by atoms with E-state index in [1.165, 1.54) is 12.1 Å². The predicted molar refractivity (Wildman–Crippen MR) is 69.7 cm³/mol. The van der Waals surface area contributed by atoms with Gasteiger partial charge in [-0.25, -0.2) is 4.98 Å². The van der Waals surface area contributed by atoms with Gasteiger partial charge < -0.3 is 10.1 Å². The first-order chi connectivity index (χ1) is 8.99. The van der Waals surface area contributed by atoms with Crippen molar-refractivity contribution in [3.8, 4) is 6.07 Å². The molecule has 19 heavy (non-hydrogen) atoms. The molecule has 0 amide bonds. The van der Waals surface area contributed by atoms with Crippen LogP contribution in [0.25, 0.3) is 0 Å². The maximum absolute atomic E-state index is 10.7. The van der Waals surface area contributed by atoms with Gasteiger partial charge in [0, 0.05) is 13.2 Å². The first kappa shape index (κ1) is 14.9. The van der Waals surface area contributed by atoms with E-state index in [2.05, 4.69) is 10.3 Å². The van der Waals surface area contributed by atoms with Crippen LogP contribution in [0.2, 0.25) is 0 Å². The molecule has 0 aliphatic rings. The minimum atomic E-state index is -0.621. The van der Waals surface area contributed by atoms with Gasteiger partial charge in [0.25, 0.3) is 0 Å². The van der Waals surface area contributed by atoms with Gasteiger partial charge in [-0.2, -0.15) is 5.26 Å². The van der Waals surface area contributed by atoms with Gasteiger partial charge in [-0.15, -0.1) is 0 Å². The highest BCUT2D eigenvalue weighted by atomic mass is 16.6. The van der Waals surface area contributed by atoms with Crippen LogP contribution >= 0.6 is 0 Å². The minimum absolute atomic E-state index is 0.0190. The van der Waals surface area contributed by atoms with E-state index >= 15 is 0 Å². The summed E-state index contributed by atoms with van der Waals surface area (Å²) in [7, 11) is 1.60. The number of nitriles is 1. The molecule has 0 fully saturated rings. The largest absolute Gasteiger partial charge is 0.383 e. The van der Waals surface area contributed by atoms with E-state index in [0.717, 1.165) is 0 Å². The first-order valence-corrected chi connectivity index (χ1v) is 5.80. The third-order valence-corrected chi connectivity index (χ3v) is 2.66. The molecule has 0 bridgehead atoms. The Balaban J connectivity index is 2.97. The van der Waals surface area contributed by atoms with Crippen LogP contribution in [0.4, 0.5) is 11.5 Å². The lowest BCUT2D eigenvalue weighted by Gasteiger charge is -2.22. The summed E-state index contributed by atoms with van der Waals surface area (Å²) in [6.45, 7) is 4.53. The zero-order valence-corrected chi connectivity index (χ0v) is 11.1. The monoisotopic (exact) mass is 264 g/mol. The Labute approximate surface area is 111 Å². The normalized spacial score (nSPS) is 11.9. The van der Waals surface area contributed by atoms with E-state index in [0.29, 0.717) is 18.3 Å². The van der Waals surface area contributed by atoms with E-state index < -0.39 is 4.92 Å². The Hall–Kier alpha value is -2.20. The van der Waals surface area contributed by atoms with Crippen LogP contribution in [0, 0.1) is 27.4 Å². The van der Waals surface area contributed by atoms with Crippen molar-refractivity contribution in [2.45, 2.75) is 19.9 Å². The summed E-state index contributed by atoms with van der Waals surface area (Å²) in [5, 5.41) is 22.7. The summed E-state index contributed by atoms with van der Waals surface area (Å²) in [6, 6.07) is 4.51. The molecule has 0 spiro atoms. The minimum Gasteiger partial charge on any atom is -0.383 e. The predicted octanol–water partition coefficient (Wildman–Crippen LogP) is 1.94. The standard InChI is InChI=1S/C12H16N4O3/c1-8(2)10(7-19-3)15-12-5-4-11(16(17)18)9(6-13)14-12/h4-5,8,10H,7H2,1-3H3,(H,14,15). The number of ether oxygens (including phenoxy) is 1. The number of nitrogens with zero attached hydrogens (tertiary/aromatic N) is 3. The van der Waals surface area contributed by atoms with Crippen LogP contribution in [0.5, 0.6) is 0 Å². The molecule has 0 aliphatic heterocycles. The molecule has 1 aromatic heterocycles. The lowest BCUT2D eigenvalue weighted by atomic mass is 10.1. The number of nitrogens with one attached hydrogen (secondary N) is 1. The number of pyridine rings is 1. The molecule has 0 aliphatic carbocycles. The lowest BCUT2D eigenvalue weighted by Crippen LogP contribution is -2.30. The molecule has 1 rings (SSSR count). The van der Waals surface area contributed by atoms with Crippen molar-refractivity contribution >= 4 is 11.5 Å². The number of aromatic nitrogens is 1.